The third-order valence-electron chi connectivity index (χ3n) is 12.8. The molecule has 1 aliphatic heterocycles. The Balaban J connectivity index is 1.00. The molecular formula is C56H36N2S2Si. The van der Waals surface area contributed by atoms with Crippen molar-refractivity contribution >= 4 is 93.7 Å². The Morgan fingerprint density at radius 2 is 0.803 bits per heavy atom. The van der Waals surface area contributed by atoms with Crippen molar-refractivity contribution in [3.63, 3.8) is 0 Å². The fourth-order valence-corrected chi connectivity index (χ4v) is 17.9. The topological polar surface area (TPSA) is 9.86 Å². The molecule has 0 atom stereocenters. The van der Waals surface area contributed by atoms with Gasteiger partial charge >= 0.3 is 0 Å². The highest BCUT2D eigenvalue weighted by molar-refractivity contribution is 7.30. The second kappa shape index (κ2) is 13.5. The van der Waals surface area contributed by atoms with E-state index >= 15 is 0 Å². The van der Waals surface area contributed by atoms with Gasteiger partial charge in [-0.3, -0.25) is 0 Å². The van der Waals surface area contributed by atoms with Crippen LogP contribution in [0.1, 0.15) is 0 Å². The second-order valence-electron chi connectivity index (χ2n) is 16.0. The third kappa shape index (κ3) is 5.06. The monoisotopic (exact) mass is 828 g/mol. The van der Waals surface area contributed by atoms with Crippen LogP contribution < -0.4 is 20.7 Å². The van der Waals surface area contributed by atoms with Crippen LogP contribution >= 0.6 is 22.7 Å². The van der Waals surface area contributed by atoms with Crippen LogP contribution in [0.5, 0.6) is 0 Å². The molecule has 0 bridgehead atoms. The van der Waals surface area contributed by atoms with Crippen molar-refractivity contribution in [2.24, 2.45) is 0 Å². The predicted octanol–water partition coefficient (Wildman–Crippen LogP) is 12.7. The highest BCUT2D eigenvalue weighted by Crippen LogP contribution is 2.47. The van der Waals surface area contributed by atoms with E-state index in [0.29, 0.717) is 0 Å². The maximum atomic E-state index is 2.55. The van der Waals surface area contributed by atoms with Gasteiger partial charge in [0, 0.05) is 31.9 Å². The molecule has 61 heavy (non-hydrogen) atoms. The maximum absolute atomic E-state index is 2.61. The van der Waals surface area contributed by atoms with Crippen molar-refractivity contribution in [1.29, 1.82) is 0 Å². The van der Waals surface area contributed by atoms with E-state index in [2.05, 4.69) is 228 Å². The zero-order chi connectivity index (χ0) is 40.1. The molecule has 13 rings (SSSR count). The normalized spacial score (nSPS) is 13.0. The van der Waals surface area contributed by atoms with Gasteiger partial charge in [0.05, 0.1) is 31.5 Å². The smallest absolute Gasteiger partial charge is 0.180 e. The summed E-state index contributed by atoms with van der Waals surface area (Å²) in [6.45, 7) is 0. The SMILES string of the molecule is c1ccc(-n2c3ccccc3c3cc(-c4cc5c(s4)c4sc(-c6ccc7c(c6)[Si](c6ccccc6)(c6ccccc6)c6ccccc6-7)cc4n5-c4ccccc4)ccc32)cc1. The fourth-order valence-electron chi connectivity index (χ4n) is 10.3. The van der Waals surface area contributed by atoms with Crippen LogP contribution in [-0.4, -0.2) is 17.2 Å². The summed E-state index contributed by atoms with van der Waals surface area (Å²) in [5, 5.41) is 8.34. The van der Waals surface area contributed by atoms with E-state index in [0.717, 1.165) is 0 Å². The summed E-state index contributed by atoms with van der Waals surface area (Å²) in [5.74, 6) is 0. The van der Waals surface area contributed by atoms with Gasteiger partial charge in [0.15, 0.2) is 8.07 Å². The lowest BCUT2D eigenvalue weighted by atomic mass is 10.0. The van der Waals surface area contributed by atoms with Crippen molar-refractivity contribution in [2.45, 2.75) is 0 Å². The lowest BCUT2D eigenvalue weighted by Gasteiger charge is -2.31. The Kier molecular flexibility index (Phi) is 7.70. The number of thiophene rings is 2. The first kappa shape index (κ1) is 34.8. The van der Waals surface area contributed by atoms with Crippen LogP contribution in [0.2, 0.25) is 0 Å². The minimum absolute atomic E-state index is 1.18. The lowest BCUT2D eigenvalue weighted by molar-refractivity contribution is 1.18. The van der Waals surface area contributed by atoms with Crippen molar-refractivity contribution in [2.75, 3.05) is 0 Å². The summed E-state index contributed by atoms with van der Waals surface area (Å²) >= 11 is 3.85. The molecule has 2 nitrogen and oxygen atoms in total. The molecule has 5 heteroatoms. The second-order valence-corrected chi connectivity index (χ2v) is 21.9. The van der Waals surface area contributed by atoms with E-state index < -0.39 is 8.07 Å². The Bertz CT molecular complexity index is 3590. The van der Waals surface area contributed by atoms with Gasteiger partial charge in [-0.2, -0.15) is 0 Å². The Morgan fingerprint density at radius 3 is 1.44 bits per heavy atom. The molecule has 0 aliphatic carbocycles. The average molecular weight is 829 g/mol. The van der Waals surface area contributed by atoms with Gasteiger partial charge in [-0.15, -0.1) is 22.7 Å². The molecule has 0 saturated heterocycles. The van der Waals surface area contributed by atoms with Crippen molar-refractivity contribution in [1.82, 2.24) is 9.13 Å². The van der Waals surface area contributed by atoms with E-state index in [-0.39, 0.29) is 0 Å². The molecule has 4 aromatic heterocycles. The molecule has 0 radical (unpaired) electrons. The number of para-hydroxylation sites is 3. The van der Waals surface area contributed by atoms with Gasteiger partial charge in [0.2, 0.25) is 0 Å². The number of benzene rings is 8. The third-order valence-corrected chi connectivity index (χ3v) is 20.2. The van der Waals surface area contributed by atoms with E-state index in [1.807, 2.05) is 22.7 Å². The van der Waals surface area contributed by atoms with Crippen LogP contribution in [0, 0.1) is 0 Å². The van der Waals surface area contributed by atoms with Crippen LogP contribution in [-0.2, 0) is 0 Å². The number of hydrogen-bond donors (Lipinski definition) is 0. The zero-order valence-electron chi connectivity index (χ0n) is 33.0. The van der Waals surface area contributed by atoms with Crippen LogP contribution in [0.4, 0.5) is 0 Å². The summed E-state index contributed by atoms with van der Waals surface area (Å²) < 4.78 is 7.55. The quantitative estimate of drug-likeness (QED) is 0.148. The van der Waals surface area contributed by atoms with Gasteiger partial charge in [0.25, 0.3) is 0 Å². The first-order valence-electron chi connectivity index (χ1n) is 20.8. The summed E-state index contributed by atoms with van der Waals surface area (Å²) in [5.41, 5.74) is 12.6. The molecule has 0 spiro atoms. The van der Waals surface area contributed by atoms with Crippen LogP contribution in [0.15, 0.2) is 218 Å². The summed E-state index contributed by atoms with van der Waals surface area (Å²) in [6.07, 6.45) is 0. The molecule has 12 aromatic rings. The fraction of sp³-hybridized carbons (Fsp3) is 0. The highest BCUT2D eigenvalue weighted by atomic mass is 32.1. The number of aromatic nitrogens is 2. The molecule has 5 heterocycles. The van der Waals surface area contributed by atoms with E-state index in [4.69, 9.17) is 0 Å². The van der Waals surface area contributed by atoms with Gasteiger partial charge in [-0.05, 0) is 97.6 Å². The van der Waals surface area contributed by atoms with Crippen molar-refractivity contribution in [3.05, 3.63) is 218 Å². The molecule has 0 saturated carbocycles. The first-order chi connectivity index (χ1) is 30.3. The zero-order valence-corrected chi connectivity index (χ0v) is 35.6. The molecule has 8 aromatic carbocycles. The van der Waals surface area contributed by atoms with Gasteiger partial charge < -0.3 is 9.13 Å². The first-order valence-corrected chi connectivity index (χ1v) is 24.5. The van der Waals surface area contributed by atoms with Gasteiger partial charge in [0.1, 0.15) is 0 Å². The van der Waals surface area contributed by atoms with E-state index in [1.54, 1.807) is 0 Å². The van der Waals surface area contributed by atoms with Crippen molar-refractivity contribution < 1.29 is 0 Å². The van der Waals surface area contributed by atoms with E-state index in [9.17, 15) is 0 Å². The molecule has 0 unspecified atom stereocenters. The Hall–Kier alpha value is -7.02. The van der Waals surface area contributed by atoms with Crippen molar-refractivity contribution in [3.8, 4) is 43.4 Å². The highest BCUT2D eigenvalue weighted by Gasteiger charge is 2.48. The molecule has 286 valence electrons. The largest absolute Gasteiger partial charge is 0.309 e. The number of nitrogens with zero attached hydrogens (tertiary/aromatic N) is 2. The molecule has 0 N–H and O–H groups in total. The molecular weight excluding hydrogens is 793 g/mol. The lowest BCUT2D eigenvalue weighted by Crippen LogP contribution is -2.72. The summed E-state index contributed by atoms with van der Waals surface area (Å²) in [6, 6.07) is 81.4. The van der Waals surface area contributed by atoms with E-state index in [1.165, 1.54) is 106 Å². The minimum Gasteiger partial charge on any atom is -0.309 e. The standard InChI is InChI=1S/C56H36N2S2Si/c1-5-17-39(18-6-1)57-47-27-15-13-25-43(47)46-33-37(30-32-48(46)57)51-35-49-55(59-51)56-50(58(49)40-19-7-2-8-20-40)36-52(60-56)38-29-31-45-44-26-14-16-28-53(44)61(54(45)34-38,41-21-9-3-10-22-41)42-23-11-4-12-24-42/h1-36H. The molecule has 0 amide bonds. The number of rotatable bonds is 6. The molecule has 1 aliphatic rings. The maximum Gasteiger partial charge on any atom is 0.180 e. The minimum atomic E-state index is -2.61. The van der Waals surface area contributed by atoms with Crippen LogP contribution in [0.3, 0.4) is 0 Å². The average Bonchev–Trinajstić information content (AvgIpc) is 4.14. The van der Waals surface area contributed by atoms with Gasteiger partial charge in [-0.1, -0.05) is 164 Å². The predicted molar refractivity (Wildman–Crippen MR) is 264 cm³/mol. The summed E-state index contributed by atoms with van der Waals surface area (Å²) in [4.78, 5) is 2.58. The Morgan fingerprint density at radius 1 is 0.328 bits per heavy atom. The number of fused-ring (bicyclic) bond motifs is 9. The van der Waals surface area contributed by atoms with Gasteiger partial charge in [-0.25, -0.2) is 0 Å². The van der Waals surface area contributed by atoms with Crippen LogP contribution in [0.25, 0.3) is 85.6 Å². The Labute approximate surface area is 362 Å². The number of hydrogen-bond acceptors (Lipinski definition) is 2. The summed E-state index contributed by atoms with van der Waals surface area (Å²) in [7, 11) is -2.61. The molecule has 0 fully saturated rings.